The van der Waals surface area contributed by atoms with E-state index in [-0.39, 0.29) is 17.2 Å². The maximum atomic E-state index is 12.0. The SMILES string of the molecule is Cc1ccc(O)c2[nH]c(/C(C(N)=O)=C(\N)C3CCCCC3)nc12. The number of carbonyl (C=O) groups excluding carboxylic acids is 1. The molecule has 0 radical (unpaired) electrons. The van der Waals surface area contributed by atoms with Crippen LogP contribution in [0.2, 0.25) is 0 Å². The van der Waals surface area contributed by atoms with Crippen LogP contribution < -0.4 is 11.5 Å². The van der Waals surface area contributed by atoms with Gasteiger partial charge in [-0.25, -0.2) is 4.98 Å². The topological polar surface area (TPSA) is 118 Å². The number of benzene rings is 1. The van der Waals surface area contributed by atoms with Crippen LogP contribution in [-0.2, 0) is 4.79 Å². The van der Waals surface area contributed by atoms with E-state index in [1.807, 2.05) is 6.92 Å². The third-order valence-electron chi connectivity index (χ3n) is 4.64. The molecule has 0 unspecified atom stereocenters. The number of aryl methyl sites for hydroxylation is 1. The summed E-state index contributed by atoms with van der Waals surface area (Å²) in [5.41, 5.74) is 14.6. The Bertz CT molecular complexity index is 746. The number of nitrogens with two attached hydrogens (primary N) is 2. The van der Waals surface area contributed by atoms with E-state index in [1.54, 1.807) is 12.1 Å². The quantitative estimate of drug-likeness (QED) is 0.650. The Hall–Kier alpha value is -2.50. The monoisotopic (exact) mass is 314 g/mol. The molecule has 6 nitrogen and oxygen atoms in total. The molecule has 6 N–H and O–H groups in total. The Kier molecular flexibility index (Phi) is 3.98. The molecule has 1 aliphatic rings. The second-order valence-electron chi connectivity index (χ2n) is 6.24. The third-order valence-corrected chi connectivity index (χ3v) is 4.64. The van der Waals surface area contributed by atoms with Gasteiger partial charge in [0, 0.05) is 5.70 Å². The average Bonchev–Trinajstić information content (AvgIpc) is 2.97. The van der Waals surface area contributed by atoms with E-state index >= 15 is 0 Å². The number of carbonyl (C=O) groups is 1. The zero-order valence-electron chi connectivity index (χ0n) is 13.2. The van der Waals surface area contributed by atoms with Crippen molar-refractivity contribution in [1.29, 1.82) is 0 Å². The third kappa shape index (κ3) is 2.76. The fourth-order valence-corrected chi connectivity index (χ4v) is 3.34. The average molecular weight is 314 g/mol. The highest BCUT2D eigenvalue weighted by atomic mass is 16.3. The van der Waals surface area contributed by atoms with Gasteiger partial charge in [0.05, 0.1) is 5.52 Å². The van der Waals surface area contributed by atoms with Gasteiger partial charge in [0.2, 0.25) is 0 Å². The van der Waals surface area contributed by atoms with Crippen LogP contribution in [0.5, 0.6) is 5.75 Å². The van der Waals surface area contributed by atoms with Crippen molar-refractivity contribution < 1.29 is 9.90 Å². The second kappa shape index (κ2) is 5.95. The molecule has 3 rings (SSSR count). The Morgan fingerprint density at radius 2 is 1.96 bits per heavy atom. The van der Waals surface area contributed by atoms with Gasteiger partial charge in [-0.15, -0.1) is 0 Å². The molecular weight excluding hydrogens is 292 g/mol. The van der Waals surface area contributed by atoms with E-state index in [4.69, 9.17) is 11.5 Å². The van der Waals surface area contributed by atoms with Crippen molar-refractivity contribution in [3.8, 4) is 5.75 Å². The number of amides is 1. The summed E-state index contributed by atoms with van der Waals surface area (Å²) >= 11 is 0. The van der Waals surface area contributed by atoms with E-state index in [2.05, 4.69) is 9.97 Å². The summed E-state index contributed by atoms with van der Waals surface area (Å²) in [7, 11) is 0. The van der Waals surface area contributed by atoms with Gasteiger partial charge in [-0.2, -0.15) is 0 Å². The summed E-state index contributed by atoms with van der Waals surface area (Å²) in [5.74, 6) is -0.0111. The fraction of sp³-hybridized carbons (Fsp3) is 0.412. The number of primary amides is 1. The number of nitrogens with zero attached hydrogens (tertiary/aromatic N) is 1. The van der Waals surface area contributed by atoms with Crippen LogP contribution >= 0.6 is 0 Å². The van der Waals surface area contributed by atoms with Gasteiger partial charge < -0.3 is 21.6 Å². The second-order valence-corrected chi connectivity index (χ2v) is 6.24. The maximum Gasteiger partial charge on any atom is 0.254 e. The molecular formula is C17H22N4O2. The van der Waals surface area contributed by atoms with Crippen LogP contribution in [0.4, 0.5) is 0 Å². The molecule has 0 spiro atoms. The van der Waals surface area contributed by atoms with Crippen molar-refractivity contribution in [3.63, 3.8) is 0 Å². The summed E-state index contributed by atoms with van der Waals surface area (Å²) in [5, 5.41) is 9.98. The predicted molar refractivity (Wildman–Crippen MR) is 89.4 cm³/mol. The summed E-state index contributed by atoms with van der Waals surface area (Å²) in [6, 6.07) is 3.37. The molecule has 1 fully saturated rings. The predicted octanol–water partition coefficient (Wildman–Crippen LogP) is 2.31. The van der Waals surface area contributed by atoms with Crippen LogP contribution in [0, 0.1) is 12.8 Å². The first-order valence-corrected chi connectivity index (χ1v) is 7.97. The highest BCUT2D eigenvalue weighted by Crippen LogP contribution is 2.32. The largest absolute Gasteiger partial charge is 0.506 e. The first-order valence-electron chi connectivity index (χ1n) is 7.97. The standard InChI is InChI=1S/C17H22N4O2/c1-9-7-8-11(22)15-14(9)20-17(21-15)12(16(19)23)13(18)10-5-3-2-4-6-10/h7-8,10,22H,2-6,18H2,1H3,(H2,19,23)(H,20,21)/b13-12-. The number of hydrogen-bond donors (Lipinski definition) is 4. The summed E-state index contributed by atoms with van der Waals surface area (Å²) < 4.78 is 0. The van der Waals surface area contributed by atoms with Crippen LogP contribution in [-0.4, -0.2) is 21.0 Å². The molecule has 1 aliphatic carbocycles. The van der Waals surface area contributed by atoms with Crippen molar-refractivity contribution in [2.45, 2.75) is 39.0 Å². The lowest BCUT2D eigenvalue weighted by Crippen LogP contribution is -2.24. The highest BCUT2D eigenvalue weighted by molar-refractivity contribution is 6.19. The molecule has 6 heteroatoms. The van der Waals surface area contributed by atoms with Gasteiger partial charge in [-0.1, -0.05) is 25.3 Å². The number of allylic oxidation sites excluding steroid dienone is 1. The van der Waals surface area contributed by atoms with Crippen molar-refractivity contribution in [1.82, 2.24) is 9.97 Å². The van der Waals surface area contributed by atoms with Gasteiger partial charge in [-0.05, 0) is 37.3 Å². The van der Waals surface area contributed by atoms with Crippen molar-refractivity contribution in [2.24, 2.45) is 17.4 Å². The number of aromatic nitrogens is 2. The molecule has 1 heterocycles. The molecule has 0 bridgehead atoms. The lowest BCUT2D eigenvalue weighted by Gasteiger charge is -2.23. The first kappa shape index (κ1) is 15.4. The molecule has 0 aliphatic heterocycles. The molecule has 0 atom stereocenters. The Morgan fingerprint density at radius 1 is 1.26 bits per heavy atom. The lowest BCUT2D eigenvalue weighted by molar-refractivity contribution is -0.112. The van der Waals surface area contributed by atoms with Crippen molar-refractivity contribution >= 4 is 22.5 Å². The minimum atomic E-state index is -0.593. The minimum absolute atomic E-state index is 0.0874. The van der Waals surface area contributed by atoms with E-state index < -0.39 is 5.91 Å². The van der Waals surface area contributed by atoms with Gasteiger partial charge in [-0.3, -0.25) is 4.79 Å². The molecule has 1 aromatic carbocycles. The van der Waals surface area contributed by atoms with E-state index in [9.17, 15) is 9.90 Å². The normalized spacial score (nSPS) is 17.3. The number of fused-ring (bicyclic) bond motifs is 1. The molecule has 0 saturated heterocycles. The van der Waals surface area contributed by atoms with Gasteiger partial charge in [0.1, 0.15) is 22.7 Å². The van der Waals surface area contributed by atoms with E-state index in [0.717, 1.165) is 31.2 Å². The van der Waals surface area contributed by atoms with E-state index in [1.165, 1.54) is 6.42 Å². The molecule has 1 amide bonds. The summed E-state index contributed by atoms with van der Waals surface area (Å²) in [4.78, 5) is 19.5. The van der Waals surface area contributed by atoms with Crippen LogP contribution in [0.25, 0.3) is 16.6 Å². The lowest BCUT2D eigenvalue weighted by atomic mass is 9.85. The van der Waals surface area contributed by atoms with Gasteiger partial charge in [0.15, 0.2) is 0 Å². The number of phenolic OH excluding ortho intramolecular Hbond substituents is 1. The van der Waals surface area contributed by atoms with Crippen LogP contribution in [0.3, 0.4) is 0 Å². The first-order chi connectivity index (χ1) is 11.0. The fourth-order valence-electron chi connectivity index (χ4n) is 3.34. The van der Waals surface area contributed by atoms with E-state index in [0.29, 0.717) is 22.6 Å². The Balaban J connectivity index is 2.13. The summed E-state index contributed by atoms with van der Waals surface area (Å²) in [6.45, 7) is 1.89. The zero-order valence-corrected chi connectivity index (χ0v) is 13.2. The number of H-pyrrole nitrogens is 1. The highest BCUT2D eigenvalue weighted by Gasteiger charge is 2.25. The van der Waals surface area contributed by atoms with Gasteiger partial charge >= 0.3 is 0 Å². The smallest absolute Gasteiger partial charge is 0.254 e. The number of rotatable bonds is 3. The zero-order chi connectivity index (χ0) is 16.6. The van der Waals surface area contributed by atoms with Crippen molar-refractivity contribution in [3.05, 3.63) is 29.2 Å². The van der Waals surface area contributed by atoms with Crippen LogP contribution in [0.1, 0.15) is 43.5 Å². The Morgan fingerprint density at radius 3 is 2.57 bits per heavy atom. The maximum absolute atomic E-state index is 12.0. The summed E-state index contributed by atoms with van der Waals surface area (Å²) in [6.07, 6.45) is 5.35. The molecule has 1 aromatic heterocycles. The number of nitrogens with one attached hydrogen (secondary N) is 1. The number of phenols is 1. The molecule has 1 saturated carbocycles. The van der Waals surface area contributed by atoms with Gasteiger partial charge in [0.25, 0.3) is 5.91 Å². The molecule has 23 heavy (non-hydrogen) atoms. The molecule has 2 aromatic rings. The number of aromatic amines is 1. The minimum Gasteiger partial charge on any atom is -0.506 e. The molecule has 122 valence electrons. The number of hydrogen-bond acceptors (Lipinski definition) is 4. The Labute approximate surface area is 134 Å². The van der Waals surface area contributed by atoms with Crippen molar-refractivity contribution in [2.75, 3.05) is 0 Å². The number of imidazole rings is 1. The van der Waals surface area contributed by atoms with Crippen LogP contribution in [0.15, 0.2) is 17.8 Å². The number of aromatic hydroxyl groups is 1.